The number of hydrogen-bond donors (Lipinski definition) is 0. The highest BCUT2D eigenvalue weighted by Gasteiger charge is 2.46. The highest BCUT2D eigenvalue weighted by Crippen LogP contribution is 2.48. The molecule has 1 aliphatic rings. The van der Waals surface area contributed by atoms with Gasteiger partial charge in [0.25, 0.3) is 0 Å². The summed E-state index contributed by atoms with van der Waals surface area (Å²) in [5.74, 6) is -0.0338. The summed E-state index contributed by atoms with van der Waals surface area (Å²) >= 11 is 0. The van der Waals surface area contributed by atoms with Gasteiger partial charge in [-0.2, -0.15) is 18.4 Å². The molecule has 0 spiro atoms. The van der Waals surface area contributed by atoms with Crippen molar-refractivity contribution in [2.75, 3.05) is 13.1 Å². The predicted octanol–water partition coefficient (Wildman–Crippen LogP) is 7.74. The van der Waals surface area contributed by atoms with Gasteiger partial charge in [0.15, 0.2) is 0 Å². The Hall–Kier alpha value is -2.32. The molecule has 0 saturated heterocycles. The van der Waals surface area contributed by atoms with E-state index in [2.05, 4.69) is 30.0 Å². The lowest BCUT2D eigenvalue weighted by Crippen LogP contribution is -2.38. The van der Waals surface area contributed by atoms with E-state index in [1.54, 1.807) is 12.1 Å². The Morgan fingerprint density at radius 1 is 0.909 bits per heavy atom. The maximum atomic E-state index is 14.0. The maximum absolute atomic E-state index is 14.0. The van der Waals surface area contributed by atoms with Crippen molar-refractivity contribution in [2.45, 2.75) is 76.4 Å². The third kappa shape index (κ3) is 6.38. The van der Waals surface area contributed by atoms with Crippen molar-refractivity contribution in [1.29, 1.82) is 5.26 Å². The number of nitrogens with zero attached hydrogens (tertiary/aromatic N) is 2. The molecule has 1 unspecified atom stereocenters. The first-order valence-corrected chi connectivity index (χ1v) is 12.2. The van der Waals surface area contributed by atoms with Gasteiger partial charge in [0.05, 0.1) is 17.0 Å². The monoisotopic (exact) mass is 456 g/mol. The number of benzene rings is 2. The Morgan fingerprint density at radius 3 is 2.15 bits per heavy atom. The van der Waals surface area contributed by atoms with Gasteiger partial charge in [-0.3, -0.25) is 4.90 Å². The van der Waals surface area contributed by atoms with Gasteiger partial charge in [0.2, 0.25) is 0 Å². The van der Waals surface area contributed by atoms with Gasteiger partial charge in [0.1, 0.15) is 0 Å². The molecule has 0 aromatic heterocycles. The second-order valence-corrected chi connectivity index (χ2v) is 9.33. The summed E-state index contributed by atoms with van der Waals surface area (Å²) in [6.07, 6.45) is 2.41. The van der Waals surface area contributed by atoms with Crippen LogP contribution in [0.15, 0.2) is 54.6 Å². The zero-order valence-corrected chi connectivity index (χ0v) is 19.6. The van der Waals surface area contributed by atoms with Gasteiger partial charge >= 0.3 is 6.18 Å². The van der Waals surface area contributed by atoms with Gasteiger partial charge < -0.3 is 0 Å². The quantitative estimate of drug-likeness (QED) is 0.366. The molecule has 5 heteroatoms. The van der Waals surface area contributed by atoms with Crippen molar-refractivity contribution in [3.63, 3.8) is 0 Å². The number of halogens is 3. The fourth-order valence-electron chi connectivity index (χ4n) is 5.49. The molecule has 2 nitrogen and oxygen atoms in total. The van der Waals surface area contributed by atoms with Crippen molar-refractivity contribution in [2.24, 2.45) is 5.92 Å². The number of rotatable bonds is 10. The minimum atomic E-state index is -4.46. The average Bonchev–Trinajstić information content (AvgIpc) is 2.83. The normalized spacial score (nSPS) is 17.0. The molecule has 0 radical (unpaired) electrons. The molecule has 0 amide bonds. The Bertz CT molecular complexity index is 897. The first-order valence-electron chi connectivity index (χ1n) is 12.2. The molecular formula is C28H35F3N2. The average molecular weight is 457 g/mol. The molecule has 1 fully saturated rings. The van der Waals surface area contributed by atoms with E-state index >= 15 is 0 Å². The van der Waals surface area contributed by atoms with Crippen molar-refractivity contribution < 1.29 is 13.2 Å². The number of alkyl halides is 3. The first-order chi connectivity index (χ1) is 15.9. The minimum Gasteiger partial charge on any atom is -0.299 e. The van der Waals surface area contributed by atoms with Gasteiger partial charge in [-0.15, -0.1) is 0 Å². The summed E-state index contributed by atoms with van der Waals surface area (Å²) in [7, 11) is 0. The molecule has 2 aromatic carbocycles. The molecule has 2 aromatic rings. The molecule has 1 atom stereocenters. The van der Waals surface area contributed by atoms with E-state index in [-0.39, 0.29) is 11.5 Å². The van der Waals surface area contributed by atoms with E-state index in [9.17, 15) is 18.4 Å². The smallest absolute Gasteiger partial charge is 0.299 e. The lowest BCUT2D eigenvalue weighted by atomic mass is 9.62. The van der Waals surface area contributed by atoms with Gasteiger partial charge in [0, 0.05) is 6.54 Å². The summed E-state index contributed by atoms with van der Waals surface area (Å²) in [6, 6.07) is 18.5. The zero-order chi connectivity index (χ0) is 23.7. The lowest BCUT2D eigenvalue weighted by molar-refractivity contribution is -0.138. The summed E-state index contributed by atoms with van der Waals surface area (Å²) in [5.41, 5.74) is -0.340. The predicted molar refractivity (Wildman–Crippen MR) is 127 cm³/mol. The van der Waals surface area contributed by atoms with E-state index in [1.807, 2.05) is 18.2 Å². The molecule has 3 rings (SSSR count). The number of nitriles is 1. The summed E-state index contributed by atoms with van der Waals surface area (Å²) < 4.78 is 41.9. The molecule has 33 heavy (non-hydrogen) atoms. The van der Waals surface area contributed by atoms with E-state index in [0.29, 0.717) is 12.8 Å². The van der Waals surface area contributed by atoms with Crippen LogP contribution in [-0.2, 0) is 18.1 Å². The lowest BCUT2D eigenvalue weighted by Gasteiger charge is -2.39. The second kappa shape index (κ2) is 11.7. The first kappa shape index (κ1) is 25.3. The van der Waals surface area contributed by atoms with E-state index in [4.69, 9.17) is 0 Å². The Balaban J connectivity index is 1.85. The van der Waals surface area contributed by atoms with Crippen LogP contribution in [0.1, 0.15) is 75.0 Å². The van der Waals surface area contributed by atoms with Gasteiger partial charge in [-0.05, 0) is 68.3 Å². The zero-order valence-electron chi connectivity index (χ0n) is 19.6. The van der Waals surface area contributed by atoms with Crippen LogP contribution < -0.4 is 0 Å². The molecule has 0 aliphatic heterocycles. The molecule has 0 heterocycles. The standard InChI is InChI=1S/C28H35F3N2/c1-2-19-33(21-23-12-5-3-6-13-23)20-11-18-27(22-32,24-14-7-4-8-15-24)25-16-9-10-17-26(25)28(29,30)31/h3,5-6,9-10,12-13,16-17,24H,2,4,7-8,11,14-15,18-21H2,1H3. The third-order valence-electron chi connectivity index (χ3n) is 7.05. The van der Waals surface area contributed by atoms with Gasteiger partial charge in [-0.25, -0.2) is 0 Å². The fourth-order valence-corrected chi connectivity index (χ4v) is 5.49. The fraction of sp³-hybridized carbons (Fsp3) is 0.536. The minimum absolute atomic E-state index is 0.0338. The van der Waals surface area contributed by atoms with E-state index in [0.717, 1.165) is 64.2 Å². The highest BCUT2D eigenvalue weighted by atomic mass is 19.4. The molecule has 0 N–H and O–H groups in total. The molecule has 1 saturated carbocycles. The van der Waals surface area contributed by atoms with Crippen LogP contribution >= 0.6 is 0 Å². The number of hydrogen-bond acceptors (Lipinski definition) is 2. The highest BCUT2D eigenvalue weighted by molar-refractivity contribution is 5.42. The molecule has 1 aliphatic carbocycles. The molecular weight excluding hydrogens is 421 g/mol. The van der Waals surface area contributed by atoms with Crippen LogP contribution in [0.4, 0.5) is 13.2 Å². The van der Waals surface area contributed by atoms with Crippen LogP contribution in [-0.4, -0.2) is 18.0 Å². The van der Waals surface area contributed by atoms with E-state index in [1.165, 1.54) is 11.6 Å². The molecule has 0 bridgehead atoms. The molecule has 178 valence electrons. The van der Waals surface area contributed by atoms with Crippen molar-refractivity contribution >= 4 is 0 Å². The van der Waals surface area contributed by atoms with Crippen LogP contribution in [0, 0.1) is 17.2 Å². The largest absolute Gasteiger partial charge is 0.416 e. The second-order valence-electron chi connectivity index (χ2n) is 9.33. The third-order valence-corrected chi connectivity index (χ3v) is 7.05. The van der Waals surface area contributed by atoms with Crippen LogP contribution in [0.2, 0.25) is 0 Å². The van der Waals surface area contributed by atoms with Crippen LogP contribution in [0.25, 0.3) is 0 Å². The topological polar surface area (TPSA) is 27.0 Å². The Labute approximate surface area is 196 Å². The Morgan fingerprint density at radius 2 is 1.55 bits per heavy atom. The van der Waals surface area contributed by atoms with E-state index < -0.39 is 17.2 Å². The van der Waals surface area contributed by atoms with Crippen LogP contribution in [0.3, 0.4) is 0 Å². The summed E-state index contributed by atoms with van der Waals surface area (Å²) in [6.45, 7) is 4.65. The van der Waals surface area contributed by atoms with Crippen molar-refractivity contribution in [3.8, 4) is 6.07 Å². The Kier molecular flexibility index (Phi) is 8.97. The summed E-state index contributed by atoms with van der Waals surface area (Å²) in [4.78, 5) is 2.36. The maximum Gasteiger partial charge on any atom is 0.416 e. The van der Waals surface area contributed by atoms with Crippen molar-refractivity contribution in [1.82, 2.24) is 4.90 Å². The van der Waals surface area contributed by atoms with Gasteiger partial charge in [-0.1, -0.05) is 74.7 Å². The van der Waals surface area contributed by atoms with Crippen molar-refractivity contribution in [3.05, 3.63) is 71.3 Å². The van der Waals surface area contributed by atoms with Crippen LogP contribution in [0.5, 0.6) is 0 Å². The SMILES string of the molecule is CCCN(CCCC(C#N)(c1ccccc1C(F)(F)F)C1CCCCC1)Cc1ccccc1. The summed E-state index contributed by atoms with van der Waals surface area (Å²) in [5, 5.41) is 10.4.